The van der Waals surface area contributed by atoms with Crippen molar-refractivity contribution >= 4 is 11.9 Å². The number of benzene rings is 2. The molecule has 0 bridgehead atoms. The normalized spacial score (nSPS) is 14.1. The molecule has 0 fully saturated rings. The summed E-state index contributed by atoms with van der Waals surface area (Å²) in [5, 5.41) is 0. The Balaban J connectivity index is 2.13. The molecule has 0 aromatic heterocycles. The summed E-state index contributed by atoms with van der Waals surface area (Å²) in [5.74, 6) is 1.54. The Kier molecular flexibility index (Phi) is 4.73. The average molecular weight is 336 g/mol. The van der Waals surface area contributed by atoms with E-state index in [1.54, 1.807) is 0 Å². The third-order valence-corrected chi connectivity index (χ3v) is 5.39. The minimum atomic E-state index is 0.113. The molecule has 0 amide bonds. The molecule has 0 atom stereocenters. The van der Waals surface area contributed by atoms with Crippen molar-refractivity contribution in [3.05, 3.63) is 58.7 Å². The monoisotopic (exact) mass is 336 g/mol. The van der Waals surface area contributed by atoms with Crippen molar-refractivity contribution in [2.24, 2.45) is 0 Å². The van der Waals surface area contributed by atoms with Crippen molar-refractivity contribution in [3.8, 4) is 5.75 Å². The number of ether oxygens (including phenoxy) is 1. The van der Waals surface area contributed by atoms with E-state index in [2.05, 4.69) is 88.7 Å². The van der Waals surface area contributed by atoms with Gasteiger partial charge in [-0.3, -0.25) is 0 Å². The maximum absolute atomic E-state index is 6.29. The van der Waals surface area contributed by atoms with Gasteiger partial charge >= 0.3 is 0 Å². The lowest BCUT2D eigenvalue weighted by Crippen LogP contribution is -2.26. The number of hydrogen-bond donors (Lipinski definition) is 0. The van der Waals surface area contributed by atoms with E-state index in [0.29, 0.717) is 12.6 Å². The predicted octanol–water partition coefficient (Wildman–Crippen LogP) is 5.92. The molecular formula is C23H30NO+. The summed E-state index contributed by atoms with van der Waals surface area (Å²) in [7, 11) is 0. The molecule has 2 heteroatoms. The highest BCUT2D eigenvalue weighted by Crippen LogP contribution is 2.39. The van der Waals surface area contributed by atoms with Crippen LogP contribution in [0.1, 0.15) is 69.2 Å². The van der Waals surface area contributed by atoms with Crippen LogP contribution in [0, 0.1) is 6.92 Å². The molecule has 1 aliphatic rings. The number of hydrogen-bond acceptors (Lipinski definition) is 1. The Morgan fingerprint density at radius 2 is 1.88 bits per heavy atom. The van der Waals surface area contributed by atoms with Gasteiger partial charge in [-0.15, -0.1) is 0 Å². The van der Waals surface area contributed by atoms with E-state index in [4.69, 9.17) is 4.74 Å². The van der Waals surface area contributed by atoms with E-state index in [1.165, 1.54) is 27.9 Å². The standard InChI is InChI=1S/C23H30NO/c1-7-23(5,6)20-13-17(4)12-18-14-24(15-25-22(18)20)21-11-9-8-10-19(21)16(2)3/h8-14,16H,7,15H2,1-6H3/q+1. The molecule has 2 nitrogen and oxygen atoms in total. The highest BCUT2D eigenvalue weighted by molar-refractivity contribution is 5.83. The lowest BCUT2D eigenvalue weighted by Gasteiger charge is -2.28. The maximum Gasteiger partial charge on any atom is 0.292 e. The second kappa shape index (κ2) is 6.67. The van der Waals surface area contributed by atoms with E-state index in [-0.39, 0.29) is 5.41 Å². The fourth-order valence-electron chi connectivity index (χ4n) is 3.47. The van der Waals surface area contributed by atoms with Crippen molar-refractivity contribution < 1.29 is 9.31 Å². The fraction of sp³-hybridized carbons (Fsp3) is 0.435. The Morgan fingerprint density at radius 3 is 2.56 bits per heavy atom. The summed E-state index contributed by atoms with van der Waals surface area (Å²) < 4.78 is 8.53. The number of aryl methyl sites for hydroxylation is 1. The van der Waals surface area contributed by atoms with Gasteiger partial charge < -0.3 is 4.74 Å². The molecular weight excluding hydrogens is 306 g/mol. The Hall–Kier alpha value is -2.09. The van der Waals surface area contributed by atoms with Crippen LogP contribution >= 0.6 is 0 Å². The van der Waals surface area contributed by atoms with Gasteiger partial charge in [0.2, 0.25) is 5.69 Å². The smallest absolute Gasteiger partial charge is 0.292 e. The zero-order valence-electron chi connectivity index (χ0n) is 16.4. The summed E-state index contributed by atoms with van der Waals surface area (Å²) in [4.78, 5) is 0. The zero-order chi connectivity index (χ0) is 18.2. The molecule has 0 saturated carbocycles. The molecule has 0 aliphatic carbocycles. The first-order chi connectivity index (χ1) is 11.8. The minimum Gasteiger partial charge on any atom is -0.435 e. The van der Waals surface area contributed by atoms with Crippen molar-refractivity contribution in [3.63, 3.8) is 0 Å². The van der Waals surface area contributed by atoms with Gasteiger partial charge in [0, 0.05) is 17.2 Å². The van der Waals surface area contributed by atoms with Crippen LogP contribution in [0.5, 0.6) is 5.75 Å². The fourth-order valence-corrected chi connectivity index (χ4v) is 3.47. The topological polar surface area (TPSA) is 12.2 Å². The van der Waals surface area contributed by atoms with Crippen LogP contribution in [0.3, 0.4) is 0 Å². The first kappa shape index (κ1) is 17.7. The number of para-hydroxylation sites is 1. The van der Waals surface area contributed by atoms with Crippen LogP contribution in [0.15, 0.2) is 36.4 Å². The highest BCUT2D eigenvalue weighted by Gasteiger charge is 2.29. The van der Waals surface area contributed by atoms with Crippen molar-refractivity contribution in [1.82, 2.24) is 0 Å². The highest BCUT2D eigenvalue weighted by atomic mass is 16.5. The zero-order valence-corrected chi connectivity index (χ0v) is 16.4. The second-order valence-electron chi connectivity index (χ2n) is 8.05. The van der Waals surface area contributed by atoms with Crippen molar-refractivity contribution in [1.29, 1.82) is 0 Å². The molecule has 0 unspecified atom stereocenters. The van der Waals surface area contributed by atoms with E-state index in [9.17, 15) is 0 Å². The van der Waals surface area contributed by atoms with Crippen LogP contribution in [-0.2, 0) is 5.41 Å². The SMILES string of the molecule is CCC(C)(C)c1cc(C)cc2c1OC[N+](c1ccccc1C(C)C)=C2. The molecule has 1 heterocycles. The van der Waals surface area contributed by atoms with E-state index >= 15 is 0 Å². The summed E-state index contributed by atoms with van der Waals surface area (Å²) in [6.07, 6.45) is 3.34. The van der Waals surface area contributed by atoms with E-state index in [0.717, 1.165) is 12.2 Å². The lowest BCUT2D eigenvalue weighted by atomic mass is 9.80. The number of fused-ring (bicyclic) bond motifs is 1. The molecule has 2 aromatic rings. The van der Waals surface area contributed by atoms with Gasteiger partial charge in [0.05, 0.1) is 5.56 Å². The minimum absolute atomic E-state index is 0.113. The van der Waals surface area contributed by atoms with Crippen LogP contribution in [-0.4, -0.2) is 17.5 Å². The number of nitrogens with zero attached hydrogens (tertiary/aromatic N) is 1. The van der Waals surface area contributed by atoms with Gasteiger partial charge in [-0.05, 0) is 36.3 Å². The quantitative estimate of drug-likeness (QED) is 0.631. The van der Waals surface area contributed by atoms with Crippen LogP contribution in [0.4, 0.5) is 5.69 Å². The van der Waals surface area contributed by atoms with E-state index < -0.39 is 0 Å². The molecule has 1 aliphatic heterocycles. The van der Waals surface area contributed by atoms with Crippen LogP contribution in [0.2, 0.25) is 0 Å². The van der Waals surface area contributed by atoms with Crippen molar-refractivity contribution in [2.45, 2.75) is 59.3 Å². The Morgan fingerprint density at radius 1 is 1.16 bits per heavy atom. The summed E-state index contributed by atoms with van der Waals surface area (Å²) in [6.45, 7) is 14.0. The molecule has 25 heavy (non-hydrogen) atoms. The first-order valence-corrected chi connectivity index (χ1v) is 9.32. The van der Waals surface area contributed by atoms with Gasteiger partial charge in [-0.25, -0.2) is 0 Å². The van der Waals surface area contributed by atoms with Gasteiger partial charge in [0.25, 0.3) is 6.73 Å². The van der Waals surface area contributed by atoms with Gasteiger partial charge in [0.1, 0.15) is 5.75 Å². The Bertz CT molecular complexity index is 815. The third kappa shape index (κ3) is 3.35. The third-order valence-electron chi connectivity index (χ3n) is 5.39. The van der Waals surface area contributed by atoms with Gasteiger partial charge in [-0.2, -0.15) is 4.58 Å². The van der Waals surface area contributed by atoms with Gasteiger partial charge in [0.15, 0.2) is 6.21 Å². The molecule has 132 valence electrons. The molecule has 0 N–H and O–H groups in total. The maximum atomic E-state index is 6.29. The number of rotatable bonds is 4. The second-order valence-corrected chi connectivity index (χ2v) is 8.05. The van der Waals surface area contributed by atoms with Gasteiger partial charge in [-0.1, -0.05) is 58.9 Å². The molecule has 0 saturated heterocycles. The molecule has 2 aromatic carbocycles. The summed E-state index contributed by atoms with van der Waals surface area (Å²) in [6, 6.07) is 13.1. The van der Waals surface area contributed by atoms with E-state index in [1.807, 2.05) is 0 Å². The Labute approximate surface area is 152 Å². The molecule has 0 spiro atoms. The molecule has 3 rings (SSSR count). The van der Waals surface area contributed by atoms with Crippen molar-refractivity contribution in [2.75, 3.05) is 6.73 Å². The molecule has 0 radical (unpaired) electrons. The largest absolute Gasteiger partial charge is 0.435 e. The van der Waals surface area contributed by atoms with Crippen LogP contribution in [0.25, 0.3) is 0 Å². The average Bonchev–Trinajstić information content (AvgIpc) is 2.60. The van der Waals surface area contributed by atoms with Crippen LogP contribution < -0.4 is 4.74 Å². The lowest BCUT2D eigenvalue weighted by molar-refractivity contribution is -0.476. The predicted molar refractivity (Wildman–Crippen MR) is 106 cm³/mol. The first-order valence-electron chi connectivity index (χ1n) is 9.32. The summed E-state index contributed by atoms with van der Waals surface area (Å²) >= 11 is 0. The summed E-state index contributed by atoms with van der Waals surface area (Å²) in [5.41, 5.74) is 6.49.